The fraction of sp³-hybridized carbons (Fsp3) is 0.385. The van der Waals surface area contributed by atoms with Gasteiger partial charge >= 0.3 is 6.18 Å². The Bertz CT molecular complexity index is 560. The molecule has 2 rings (SSSR count). The number of fused-ring (bicyclic) bond motifs is 1. The van der Waals surface area contributed by atoms with E-state index in [0.717, 1.165) is 18.2 Å². The van der Waals surface area contributed by atoms with Crippen LogP contribution in [0.5, 0.6) is 0 Å². The van der Waals surface area contributed by atoms with Crippen LogP contribution in [0, 0.1) is 11.3 Å². The molecule has 19 heavy (non-hydrogen) atoms. The predicted octanol–water partition coefficient (Wildman–Crippen LogP) is 3.14. The van der Waals surface area contributed by atoms with Crippen LogP contribution >= 0.6 is 0 Å². The van der Waals surface area contributed by atoms with Crippen LogP contribution in [-0.4, -0.2) is 17.4 Å². The third-order valence-corrected chi connectivity index (χ3v) is 3.06. The SMILES string of the molecule is CCCN1C(=O)c2ccc(C(F)(F)F)cc2C1C#N. The number of nitrogens with zero attached hydrogens (tertiary/aromatic N) is 2. The zero-order chi connectivity index (χ0) is 14.2. The van der Waals surface area contributed by atoms with Crippen molar-refractivity contribution in [1.29, 1.82) is 5.26 Å². The van der Waals surface area contributed by atoms with Gasteiger partial charge in [-0.15, -0.1) is 0 Å². The Morgan fingerprint density at radius 2 is 2.11 bits per heavy atom. The maximum Gasteiger partial charge on any atom is 0.416 e. The third kappa shape index (κ3) is 2.16. The van der Waals surface area contributed by atoms with Gasteiger partial charge in [-0.2, -0.15) is 18.4 Å². The lowest BCUT2D eigenvalue weighted by Gasteiger charge is -2.18. The van der Waals surface area contributed by atoms with E-state index in [0.29, 0.717) is 13.0 Å². The number of benzene rings is 1. The quantitative estimate of drug-likeness (QED) is 0.827. The molecule has 1 atom stereocenters. The Hall–Kier alpha value is -2.03. The Labute approximate surface area is 108 Å². The summed E-state index contributed by atoms with van der Waals surface area (Å²) in [4.78, 5) is 13.3. The molecule has 0 saturated heterocycles. The number of carbonyl (C=O) groups excluding carboxylic acids is 1. The summed E-state index contributed by atoms with van der Waals surface area (Å²) in [7, 11) is 0. The zero-order valence-electron chi connectivity index (χ0n) is 10.2. The fourth-order valence-electron chi connectivity index (χ4n) is 2.21. The largest absolute Gasteiger partial charge is 0.416 e. The van der Waals surface area contributed by atoms with Crippen LogP contribution in [0.2, 0.25) is 0 Å². The van der Waals surface area contributed by atoms with E-state index in [1.165, 1.54) is 4.90 Å². The molecule has 0 N–H and O–H groups in total. The highest BCUT2D eigenvalue weighted by atomic mass is 19.4. The van der Waals surface area contributed by atoms with Gasteiger partial charge in [0.05, 0.1) is 11.6 Å². The first-order chi connectivity index (χ1) is 8.90. The summed E-state index contributed by atoms with van der Waals surface area (Å²) in [5.74, 6) is -0.378. The van der Waals surface area contributed by atoms with Crippen LogP contribution in [-0.2, 0) is 6.18 Å². The van der Waals surface area contributed by atoms with Gasteiger partial charge in [-0.05, 0) is 24.6 Å². The molecule has 0 aromatic heterocycles. The molecule has 1 aliphatic rings. The van der Waals surface area contributed by atoms with Gasteiger partial charge in [0.25, 0.3) is 5.91 Å². The summed E-state index contributed by atoms with van der Waals surface area (Å²) in [5, 5.41) is 9.10. The average molecular weight is 268 g/mol. The van der Waals surface area contributed by atoms with Crippen LogP contribution in [0.25, 0.3) is 0 Å². The molecule has 0 aliphatic carbocycles. The monoisotopic (exact) mass is 268 g/mol. The van der Waals surface area contributed by atoms with Gasteiger partial charge in [0.1, 0.15) is 6.04 Å². The van der Waals surface area contributed by atoms with Crippen molar-refractivity contribution in [2.45, 2.75) is 25.6 Å². The molecule has 1 heterocycles. The van der Waals surface area contributed by atoms with Crippen molar-refractivity contribution < 1.29 is 18.0 Å². The van der Waals surface area contributed by atoms with Crippen LogP contribution in [0.3, 0.4) is 0 Å². The molecule has 0 fully saturated rings. The second-order valence-electron chi connectivity index (χ2n) is 4.33. The normalized spacial score (nSPS) is 18.4. The maximum atomic E-state index is 12.6. The van der Waals surface area contributed by atoms with Crippen molar-refractivity contribution in [2.75, 3.05) is 6.54 Å². The van der Waals surface area contributed by atoms with Crippen molar-refractivity contribution in [2.24, 2.45) is 0 Å². The first-order valence-electron chi connectivity index (χ1n) is 5.82. The summed E-state index contributed by atoms with van der Waals surface area (Å²) >= 11 is 0. The molecule has 100 valence electrons. The van der Waals surface area contributed by atoms with Crippen LogP contribution in [0.15, 0.2) is 18.2 Å². The molecule has 0 spiro atoms. The molecule has 3 nitrogen and oxygen atoms in total. The predicted molar refractivity (Wildman–Crippen MR) is 61.1 cm³/mol. The van der Waals surface area contributed by atoms with E-state index in [1.54, 1.807) is 0 Å². The number of rotatable bonds is 2. The van der Waals surface area contributed by atoms with E-state index in [1.807, 2.05) is 13.0 Å². The van der Waals surface area contributed by atoms with Crippen LogP contribution in [0.1, 0.15) is 40.9 Å². The minimum Gasteiger partial charge on any atom is -0.319 e. The summed E-state index contributed by atoms with van der Waals surface area (Å²) in [6.45, 7) is 2.19. The topological polar surface area (TPSA) is 44.1 Å². The third-order valence-electron chi connectivity index (χ3n) is 3.06. The molecule has 1 unspecified atom stereocenters. The van der Waals surface area contributed by atoms with E-state index in [4.69, 9.17) is 5.26 Å². The summed E-state index contributed by atoms with van der Waals surface area (Å²) < 4.78 is 37.9. The second kappa shape index (κ2) is 4.57. The lowest BCUT2D eigenvalue weighted by atomic mass is 10.0. The highest BCUT2D eigenvalue weighted by Crippen LogP contribution is 2.37. The number of nitriles is 1. The van der Waals surface area contributed by atoms with E-state index in [-0.39, 0.29) is 17.0 Å². The Kier molecular flexibility index (Phi) is 3.23. The Morgan fingerprint density at radius 3 is 2.63 bits per heavy atom. The number of alkyl halides is 3. The molecule has 0 radical (unpaired) electrons. The second-order valence-corrected chi connectivity index (χ2v) is 4.33. The van der Waals surface area contributed by atoms with Crippen molar-refractivity contribution in [1.82, 2.24) is 4.90 Å². The minimum atomic E-state index is -4.48. The Morgan fingerprint density at radius 1 is 1.42 bits per heavy atom. The molecule has 0 bridgehead atoms. The summed E-state index contributed by atoms with van der Waals surface area (Å²) in [5.41, 5.74) is -0.499. The molecule has 1 amide bonds. The first-order valence-corrected chi connectivity index (χ1v) is 5.82. The zero-order valence-corrected chi connectivity index (χ0v) is 10.2. The molecule has 1 aliphatic heterocycles. The van der Waals surface area contributed by atoms with E-state index >= 15 is 0 Å². The first kappa shape index (κ1) is 13.4. The average Bonchev–Trinajstić information content (AvgIpc) is 2.61. The van der Waals surface area contributed by atoms with Gasteiger partial charge in [0, 0.05) is 17.7 Å². The van der Waals surface area contributed by atoms with Gasteiger partial charge in [0.2, 0.25) is 0 Å². The molecule has 1 aromatic rings. The van der Waals surface area contributed by atoms with E-state index < -0.39 is 17.8 Å². The lowest BCUT2D eigenvalue weighted by Crippen LogP contribution is -2.28. The van der Waals surface area contributed by atoms with Gasteiger partial charge in [-0.3, -0.25) is 4.79 Å². The van der Waals surface area contributed by atoms with E-state index in [2.05, 4.69) is 0 Å². The summed E-state index contributed by atoms with van der Waals surface area (Å²) in [6.07, 6.45) is -3.83. The molecule has 0 saturated carbocycles. The van der Waals surface area contributed by atoms with Crippen LogP contribution in [0.4, 0.5) is 13.2 Å². The fourth-order valence-corrected chi connectivity index (χ4v) is 2.21. The van der Waals surface area contributed by atoms with Gasteiger partial charge in [0.15, 0.2) is 0 Å². The van der Waals surface area contributed by atoms with Crippen molar-refractivity contribution in [3.63, 3.8) is 0 Å². The van der Waals surface area contributed by atoms with Crippen LogP contribution < -0.4 is 0 Å². The van der Waals surface area contributed by atoms with Gasteiger partial charge in [-0.25, -0.2) is 0 Å². The number of hydrogen-bond acceptors (Lipinski definition) is 2. The number of hydrogen-bond donors (Lipinski definition) is 0. The highest BCUT2D eigenvalue weighted by Gasteiger charge is 2.39. The standard InChI is InChI=1S/C13H11F3N2O/c1-2-5-18-11(7-17)10-6-8(13(14,15)16)3-4-9(10)12(18)19/h3-4,6,11H,2,5H2,1H3. The number of carbonyl (C=O) groups is 1. The maximum absolute atomic E-state index is 12.6. The molecule has 1 aromatic carbocycles. The lowest BCUT2D eigenvalue weighted by molar-refractivity contribution is -0.137. The van der Waals surface area contributed by atoms with Gasteiger partial charge in [-0.1, -0.05) is 6.92 Å². The molecular formula is C13H11F3N2O. The molecule has 6 heteroatoms. The molecular weight excluding hydrogens is 257 g/mol. The van der Waals surface area contributed by atoms with Gasteiger partial charge < -0.3 is 4.90 Å². The smallest absolute Gasteiger partial charge is 0.319 e. The van der Waals surface area contributed by atoms with E-state index in [9.17, 15) is 18.0 Å². The number of amides is 1. The number of halogens is 3. The minimum absolute atomic E-state index is 0.149. The highest BCUT2D eigenvalue weighted by molar-refractivity contribution is 5.99. The summed E-state index contributed by atoms with van der Waals surface area (Å²) in [6, 6.07) is 3.90. The Balaban J connectivity index is 2.50. The van der Waals surface area contributed by atoms with Crippen molar-refractivity contribution in [3.05, 3.63) is 34.9 Å². The van der Waals surface area contributed by atoms with Crippen molar-refractivity contribution >= 4 is 5.91 Å². The van der Waals surface area contributed by atoms with Crippen molar-refractivity contribution in [3.8, 4) is 6.07 Å².